The van der Waals surface area contributed by atoms with Crippen LogP contribution in [0.1, 0.15) is 47.3 Å². The van der Waals surface area contributed by atoms with Crippen LogP contribution in [-0.4, -0.2) is 29.3 Å². The molecule has 1 atom stereocenters. The van der Waals surface area contributed by atoms with Crippen molar-refractivity contribution < 1.29 is 14.0 Å². The Labute approximate surface area is 140 Å². The van der Waals surface area contributed by atoms with Crippen LogP contribution < -0.4 is 4.74 Å². The maximum absolute atomic E-state index is 12.9. The van der Waals surface area contributed by atoms with Crippen molar-refractivity contribution in [2.75, 3.05) is 13.7 Å². The maximum Gasteiger partial charge on any atom is 0.237 e. The molecule has 0 N–H and O–H groups in total. The van der Waals surface area contributed by atoms with E-state index in [0.717, 1.165) is 17.7 Å². The number of carbonyl (C=O) groups is 1. The highest BCUT2D eigenvalue weighted by molar-refractivity contribution is 6.30. The predicted octanol–water partition coefficient (Wildman–Crippen LogP) is 4.03. The number of hydrogen-bond donors (Lipinski definition) is 0. The molecule has 3 nitrogen and oxygen atoms in total. The van der Waals surface area contributed by atoms with E-state index >= 15 is 0 Å². The second kappa shape index (κ2) is 8.65. The highest BCUT2D eigenvalue weighted by Crippen LogP contribution is 2.33. The van der Waals surface area contributed by atoms with Gasteiger partial charge in [-0.05, 0) is 19.4 Å². The lowest BCUT2D eigenvalue weighted by atomic mass is 9.94. The Morgan fingerprint density at radius 2 is 1.83 bits per heavy atom. The fraction of sp³-hybridized carbons (Fsp3) is 0.316. The molecule has 120 valence electrons. The molecule has 0 saturated heterocycles. The molecule has 23 heavy (non-hydrogen) atoms. The first-order chi connectivity index (χ1) is 11.2. The smallest absolute Gasteiger partial charge is 0.237 e. The molecule has 2 rings (SSSR count). The molecule has 0 saturated carbocycles. The van der Waals surface area contributed by atoms with E-state index in [4.69, 9.17) is 9.16 Å². The lowest BCUT2D eigenvalue weighted by Crippen LogP contribution is -2.17. The zero-order valence-electron chi connectivity index (χ0n) is 13.8. The van der Waals surface area contributed by atoms with Gasteiger partial charge < -0.3 is 9.16 Å². The summed E-state index contributed by atoms with van der Waals surface area (Å²) in [6.45, 7) is 4.77. The monoisotopic (exact) mass is 326 g/mol. The lowest BCUT2D eigenvalue weighted by Gasteiger charge is -2.20. The molecule has 0 aliphatic rings. The van der Waals surface area contributed by atoms with Gasteiger partial charge in [-0.15, -0.1) is 0 Å². The van der Waals surface area contributed by atoms with Gasteiger partial charge in [0.25, 0.3) is 0 Å². The molecule has 2 radical (unpaired) electrons. The van der Waals surface area contributed by atoms with Crippen LogP contribution in [0, 0.1) is 0 Å². The molecular formula is C19H22O3Si. The number of ketones is 1. The average Bonchev–Trinajstić information content (AvgIpc) is 2.62. The molecule has 0 bridgehead atoms. The molecule has 0 aliphatic heterocycles. The van der Waals surface area contributed by atoms with Crippen LogP contribution in [0.15, 0.2) is 48.5 Å². The molecular weight excluding hydrogens is 304 g/mol. The quantitative estimate of drug-likeness (QED) is 0.543. The van der Waals surface area contributed by atoms with Crippen LogP contribution >= 0.6 is 0 Å². The molecule has 0 aromatic heterocycles. The molecule has 0 amide bonds. The molecule has 0 heterocycles. The van der Waals surface area contributed by atoms with Gasteiger partial charge in [0.15, 0.2) is 5.78 Å². The Balaban J connectivity index is 2.48. The van der Waals surface area contributed by atoms with Gasteiger partial charge in [0.05, 0.1) is 7.11 Å². The van der Waals surface area contributed by atoms with E-state index < -0.39 is 0 Å². The van der Waals surface area contributed by atoms with Crippen LogP contribution in [0.25, 0.3) is 0 Å². The van der Waals surface area contributed by atoms with Crippen LogP contribution in [-0.2, 0) is 4.43 Å². The van der Waals surface area contributed by atoms with Gasteiger partial charge >= 0.3 is 0 Å². The van der Waals surface area contributed by atoms with Crippen molar-refractivity contribution in [2.24, 2.45) is 0 Å². The zero-order valence-corrected chi connectivity index (χ0v) is 14.8. The first kappa shape index (κ1) is 17.4. The Bertz CT molecular complexity index is 640. The van der Waals surface area contributed by atoms with E-state index in [1.807, 2.05) is 55.5 Å². The third-order valence-corrected chi connectivity index (χ3v) is 5.13. The molecule has 1 unspecified atom stereocenters. The zero-order chi connectivity index (χ0) is 16.7. The fourth-order valence-corrected chi connectivity index (χ4v) is 3.50. The summed E-state index contributed by atoms with van der Waals surface area (Å²) in [5, 5.41) is 0. The van der Waals surface area contributed by atoms with Crippen molar-refractivity contribution in [1.29, 1.82) is 0 Å². The Morgan fingerprint density at radius 1 is 1.09 bits per heavy atom. The van der Waals surface area contributed by atoms with Crippen LogP contribution in [0.3, 0.4) is 0 Å². The minimum absolute atomic E-state index is 0.0271. The summed E-state index contributed by atoms with van der Waals surface area (Å²) >= 11 is 0. The highest BCUT2D eigenvalue weighted by atomic mass is 28.2. The van der Waals surface area contributed by atoms with Crippen molar-refractivity contribution in [3.8, 4) is 5.75 Å². The fourth-order valence-electron chi connectivity index (χ4n) is 2.55. The lowest BCUT2D eigenvalue weighted by molar-refractivity contribution is 0.103. The van der Waals surface area contributed by atoms with Gasteiger partial charge in [0, 0.05) is 28.8 Å². The maximum atomic E-state index is 12.9. The minimum atomic E-state index is 0.0271. The molecule has 4 heteroatoms. The topological polar surface area (TPSA) is 35.5 Å². The standard InChI is InChI=1S/C19H22O3Si/c1-4-17(23-22-5-2)18-15(12-9-13-16(18)21-3)19(20)14-10-7-6-8-11-14/h6-13,17H,4-5H2,1-3H3. The summed E-state index contributed by atoms with van der Waals surface area (Å²) in [4.78, 5) is 12.9. The molecule has 2 aromatic rings. The van der Waals surface area contributed by atoms with Gasteiger partial charge in [-0.3, -0.25) is 4.79 Å². The first-order valence-corrected chi connectivity index (χ1v) is 8.85. The first-order valence-electron chi connectivity index (χ1n) is 7.86. The van der Waals surface area contributed by atoms with Crippen molar-refractivity contribution >= 4 is 15.5 Å². The van der Waals surface area contributed by atoms with Gasteiger partial charge in [0.1, 0.15) is 5.75 Å². The van der Waals surface area contributed by atoms with Gasteiger partial charge in [-0.2, -0.15) is 0 Å². The average molecular weight is 326 g/mol. The van der Waals surface area contributed by atoms with Gasteiger partial charge in [-0.1, -0.05) is 49.4 Å². The number of rotatable bonds is 8. The minimum Gasteiger partial charge on any atom is -0.496 e. The van der Waals surface area contributed by atoms with E-state index in [2.05, 4.69) is 6.92 Å². The van der Waals surface area contributed by atoms with Crippen molar-refractivity contribution in [3.05, 3.63) is 65.2 Å². The summed E-state index contributed by atoms with van der Waals surface area (Å²) in [5.41, 5.74) is 2.51. The normalized spacial score (nSPS) is 12.0. The third-order valence-electron chi connectivity index (χ3n) is 3.69. The van der Waals surface area contributed by atoms with Crippen molar-refractivity contribution in [3.63, 3.8) is 0 Å². The Morgan fingerprint density at radius 3 is 2.43 bits per heavy atom. The van der Waals surface area contributed by atoms with E-state index in [1.54, 1.807) is 7.11 Å². The predicted molar refractivity (Wildman–Crippen MR) is 93.3 cm³/mol. The number of carbonyl (C=O) groups excluding carboxylic acids is 1. The van der Waals surface area contributed by atoms with Crippen LogP contribution in [0.2, 0.25) is 0 Å². The van der Waals surface area contributed by atoms with Crippen LogP contribution in [0.5, 0.6) is 5.75 Å². The molecule has 0 spiro atoms. The Kier molecular flexibility index (Phi) is 6.56. The number of methoxy groups -OCH3 is 1. The highest BCUT2D eigenvalue weighted by Gasteiger charge is 2.24. The van der Waals surface area contributed by atoms with E-state index in [9.17, 15) is 4.79 Å². The summed E-state index contributed by atoms with van der Waals surface area (Å²) < 4.78 is 11.2. The largest absolute Gasteiger partial charge is 0.496 e. The molecule has 2 aromatic carbocycles. The summed E-state index contributed by atoms with van der Waals surface area (Å²) in [6.07, 6.45) is 0.897. The van der Waals surface area contributed by atoms with E-state index in [1.165, 1.54) is 0 Å². The Hall–Kier alpha value is -1.91. The van der Waals surface area contributed by atoms with E-state index in [0.29, 0.717) is 27.5 Å². The number of ether oxygens (including phenoxy) is 1. The second-order valence-electron chi connectivity index (χ2n) is 5.13. The number of hydrogen-bond acceptors (Lipinski definition) is 3. The van der Waals surface area contributed by atoms with Crippen molar-refractivity contribution in [1.82, 2.24) is 0 Å². The van der Waals surface area contributed by atoms with Crippen molar-refractivity contribution in [2.45, 2.75) is 25.8 Å². The van der Waals surface area contributed by atoms with Gasteiger partial charge in [0.2, 0.25) is 9.76 Å². The third kappa shape index (κ3) is 4.09. The number of benzene rings is 2. The van der Waals surface area contributed by atoms with E-state index in [-0.39, 0.29) is 11.3 Å². The summed E-state index contributed by atoms with van der Waals surface area (Å²) in [5.74, 6) is 0.782. The summed E-state index contributed by atoms with van der Waals surface area (Å²) in [7, 11) is 1.96. The molecule has 0 aliphatic carbocycles. The molecule has 0 fully saturated rings. The summed E-state index contributed by atoms with van der Waals surface area (Å²) in [6, 6.07) is 15.0. The van der Waals surface area contributed by atoms with Gasteiger partial charge in [-0.25, -0.2) is 0 Å². The van der Waals surface area contributed by atoms with Crippen LogP contribution in [0.4, 0.5) is 0 Å². The SMILES string of the molecule is CCO[Si]C(CC)c1c(OC)cccc1C(=O)c1ccccc1. The second-order valence-corrected chi connectivity index (χ2v) is 6.35.